The maximum absolute atomic E-state index is 6.10. The van der Waals surface area contributed by atoms with Gasteiger partial charge in [-0.2, -0.15) is 0 Å². The average molecular weight is 290 g/mol. The standard InChI is InChI=1S/C18H30N2O/c1-3-10-20(15-6-4-14(19)5-7-15)12-16-8-9-18(21-16)17-11-13(17)2/h8-9,13-15,17H,3-7,10-12,19H2,1-2H3. The minimum atomic E-state index is 0.427. The maximum Gasteiger partial charge on any atom is 0.118 e. The van der Waals surface area contributed by atoms with Gasteiger partial charge in [-0.15, -0.1) is 0 Å². The monoisotopic (exact) mass is 290 g/mol. The zero-order valence-electron chi connectivity index (χ0n) is 13.6. The second-order valence-corrected chi connectivity index (χ2v) is 7.16. The summed E-state index contributed by atoms with van der Waals surface area (Å²) < 4.78 is 6.10. The van der Waals surface area contributed by atoms with Gasteiger partial charge >= 0.3 is 0 Å². The molecule has 0 aliphatic heterocycles. The van der Waals surface area contributed by atoms with Crippen molar-refractivity contribution in [1.82, 2.24) is 4.90 Å². The van der Waals surface area contributed by atoms with Crippen LogP contribution in [0.4, 0.5) is 0 Å². The van der Waals surface area contributed by atoms with Crippen molar-refractivity contribution in [3.63, 3.8) is 0 Å². The van der Waals surface area contributed by atoms with E-state index in [-0.39, 0.29) is 0 Å². The Labute approximate surface area is 128 Å². The normalized spacial score (nSPS) is 32.6. The third kappa shape index (κ3) is 3.70. The predicted octanol–water partition coefficient (Wildman–Crippen LogP) is 3.88. The number of nitrogens with two attached hydrogens (primary N) is 1. The van der Waals surface area contributed by atoms with Crippen molar-refractivity contribution in [2.75, 3.05) is 6.54 Å². The highest BCUT2D eigenvalue weighted by atomic mass is 16.3. The van der Waals surface area contributed by atoms with Crippen molar-refractivity contribution >= 4 is 0 Å². The van der Waals surface area contributed by atoms with Gasteiger partial charge in [-0.1, -0.05) is 13.8 Å². The molecule has 0 spiro atoms. The van der Waals surface area contributed by atoms with Crippen LogP contribution in [0.15, 0.2) is 16.5 Å². The summed E-state index contributed by atoms with van der Waals surface area (Å²) >= 11 is 0. The third-order valence-corrected chi connectivity index (χ3v) is 5.28. The van der Waals surface area contributed by atoms with Crippen LogP contribution in [0.5, 0.6) is 0 Å². The highest BCUT2D eigenvalue weighted by Crippen LogP contribution is 2.47. The molecule has 1 aromatic heterocycles. The molecule has 2 aliphatic carbocycles. The largest absolute Gasteiger partial charge is 0.464 e. The van der Waals surface area contributed by atoms with E-state index in [0.717, 1.165) is 24.8 Å². The van der Waals surface area contributed by atoms with Gasteiger partial charge in [0.05, 0.1) is 6.54 Å². The van der Waals surface area contributed by atoms with E-state index in [2.05, 4.69) is 30.9 Å². The van der Waals surface area contributed by atoms with E-state index in [9.17, 15) is 0 Å². The molecule has 2 unspecified atom stereocenters. The first kappa shape index (κ1) is 15.1. The molecule has 0 radical (unpaired) electrons. The summed E-state index contributed by atoms with van der Waals surface area (Å²) in [7, 11) is 0. The molecule has 3 heteroatoms. The number of hydrogen-bond donors (Lipinski definition) is 1. The minimum Gasteiger partial charge on any atom is -0.464 e. The second-order valence-electron chi connectivity index (χ2n) is 7.16. The van der Waals surface area contributed by atoms with Gasteiger partial charge < -0.3 is 10.2 Å². The van der Waals surface area contributed by atoms with Crippen molar-refractivity contribution < 1.29 is 4.42 Å². The highest BCUT2D eigenvalue weighted by Gasteiger charge is 2.36. The molecule has 2 fully saturated rings. The first-order chi connectivity index (χ1) is 10.2. The minimum absolute atomic E-state index is 0.427. The lowest BCUT2D eigenvalue weighted by Gasteiger charge is -2.35. The zero-order valence-corrected chi connectivity index (χ0v) is 13.6. The van der Waals surface area contributed by atoms with E-state index in [1.165, 1.54) is 44.3 Å². The molecule has 1 aromatic rings. The fourth-order valence-corrected chi connectivity index (χ4v) is 3.74. The summed E-state index contributed by atoms with van der Waals surface area (Å²) in [6, 6.07) is 5.51. The molecule has 0 aromatic carbocycles. The Morgan fingerprint density at radius 2 is 1.95 bits per heavy atom. The Morgan fingerprint density at radius 3 is 2.57 bits per heavy atom. The first-order valence-electron chi connectivity index (χ1n) is 8.75. The molecule has 2 saturated carbocycles. The van der Waals surface area contributed by atoms with Gasteiger partial charge in [-0.05, 0) is 63.1 Å². The third-order valence-electron chi connectivity index (χ3n) is 5.28. The number of nitrogens with zero attached hydrogens (tertiary/aromatic N) is 1. The molecular weight excluding hydrogens is 260 g/mol. The van der Waals surface area contributed by atoms with Crippen LogP contribution in [0.25, 0.3) is 0 Å². The Bertz CT molecular complexity index is 448. The van der Waals surface area contributed by atoms with Crippen LogP contribution in [0.2, 0.25) is 0 Å². The van der Waals surface area contributed by atoms with Gasteiger partial charge in [0.25, 0.3) is 0 Å². The van der Waals surface area contributed by atoms with Crippen LogP contribution in [0.3, 0.4) is 0 Å². The Hall–Kier alpha value is -0.800. The van der Waals surface area contributed by atoms with Crippen molar-refractivity contribution in [2.24, 2.45) is 11.7 Å². The van der Waals surface area contributed by atoms with E-state index in [4.69, 9.17) is 10.2 Å². The molecule has 0 amide bonds. The SMILES string of the molecule is CCCN(Cc1ccc(C2CC2C)o1)C1CCC(N)CC1. The van der Waals surface area contributed by atoms with Crippen molar-refractivity contribution in [3.8, 4) is 0 Å². The Kier molecular flexibility index (Phi) is 4.70. The lowest BCUT2D eigenvalue weighted by molar-refractivity contribution is 0.132. The molecule has 2 N–H and O–H groups in total. The summed E-state index contributed by atoms with van der Waals surface area (Å²) in [6.07, 6.45) is 7.34. The van der Waals surface area contributed by atoms with Gasteiger partial charge in [0.1, 0.15) is 11.5 Å². The topological polar surface area (TPSA) is 42.4 Å². The molecule has 0 saturated heterocycles. The van der Waals surface area contributed by atoms with Gasteiger partial charge in [0.2, 0.25) is 0 Å². The van der Waals surface area contributed by atoms with E-state index in [1.807, 2.05) is 0 Å². The van der Waals surface area contributed by atoms with Gasteiger partial charge in [0.15, 0.2) is 0 Å². The summed E-state index contributed by atoms with van der Waals surface area (Å²) in [5, 5.41) is 0. The van der Waals surface area contributed by atoms with Gasteiger partial charge in [0, 0.05) is 18.0 Å². The summed E-state index contributed by atoms with van der Waals surface area (Å²) in [5.74, 6) is 3.86. The number of furan rings is 1. The first-order valence-corrected chi connectivity index (χ1v) is 8.75. The van der Waals surface area contributed by atoms with Crippen LogP contribution in [0, 0.1) is 5.92 Å². The van der Waals surface area contributed by atoms with Crippen LogP contribution >= 0.6 is 0 Å². The number of hydrogen-bond acceptors (Lipinski definition) is 3. The van der Waals surface area contributed by atoms with E-state index >= 15 is 0 Å². The molecule has 2 aliphatic rings. The lowest BCUT2D eigenvalue weighted by Crippen LogP contribution is -2.40. The molecule has 1 heterocycles. The number of rotatable bonds is 6. The molecule has 3 nitrogen and oxygen atoms in total. The summed E-state index contributed by atoms with van der Waals surface area (Å²) in [4.78, 5) is 2.62. The second kappa shape index (κ2) is 6.53. The van der Waals surface area contributed by atoms with Crippen molar-refractivity contribution in [1.29, 1.82) is 0 Å². The lowest BCUT2D eigenvalue weighted by atomic mass is 9.90. The van der Waals surface area contributed by atoms with Gasteiger partial charge in [-0.25, -0.2) is 0 Å². The Morgan fingerprint density at radius 1 is 1.24 bits per heavy atom. The molecular formula is C18H30N2O. The molecule has 0 bridgehead atoms. The van der Waals surface area contributed by atoms with Crippen LogP contribution in [-0.4, -0.2) is 23.5 Å². The highest BCUT2D eigenvalue weighted by molar-refractivity contribution is 5.17. The maximum atomic E-state index is 6.10. The average Bonchev–Trinajstić information content (AvgIpc) is 3.02. The fraction of sp³-hybridized carbons (Fsp3) is 0.778. The van der Waals surface area contributed by atoms with E-state index in [1.54, 1.807) is 0 Å². The fourth-order valence-electron chi connectivity index (χ4n) is 3.74. The Balaban J connectivity index is 1.60. The van der Waals surface area contributed by atoms with Crippen LogP contribution < -0.4 is 5.73 Å². The van der Waals surface area contributed by atoms with Crippen molar-refractivity contribution in [3.05, 3.63) is 23.7 Å². The summed E-state index contributed by atoms with van der Waals surface area (Å²) in [5.41, 5.74) is 6.04. The van der Waals surface area contributed by atoms with Crippen LogP contribution in [-0.2, 0) is 6.54 Å². The predicted molar refractivity (Wildman–Crippen MR) is 86.2 cm³/mol. The molecule has 2 atom stereocenters. The van der Waals surface area contributed by atoms with Crippen molar-refractivity contribution in [2.45, 2.75) is 76.9 Å². The van der Waals surface area contributed by atoms with Crippen LogP contribution in [0.1, 0.15) is 69.8 Å². The van der Waals surface area contributed by atoms with E-state index in [0.29, 0.717) is 18.0 Å². The smallest absolute Gasteiger partial charge is 0.118 e. The zero-order chi connectivity index (χ0) is 14.8. The molecule has 118 valence electrons. The molecule has 21 heavy (non-hydrogen) atoms. The van der Waals surface area contributed by atoms with Gasteiger partial charge in [-0.3, -0.25) is 4.90 Å². The van der Waals surface area contributed by atoms with E-state index < -0.39 is 0 Å². The quantitative estimate of drug-likeness (QED) is 0.864. The summed E-state index contributed by atoms with van der Waals surface area (Å²) in [6.45, 7) is 6.70. The molecule has 3 rings (SSSR count).